The summed E-state index contributed by atoms with van der Waals surface area (Å²) in [6.45, 7) is 3.11. The summed E-state index contributed by atoms with van der Waals surface area (Å²) in [6.07, 6.45) is 0. The summed E-state index contributed by atoms with van der Waals surface area (Å²) in [5, 5.41) is 0. The van der Waals surface area contributed by atoms with Gasteiger partial charge >= 0.3 is 25.2 Å². The van der Waals surface area contributed by atoms with Crippen LogP contribution in [0.3, 0.4) is 0 Å². The Labute approximate surface area is 119 Å². The van der Waals surface area contributed by atoms with Crippen LogP contribution >= 0.6 is 0 Å². The Kier molecular flexibility index (Phi) is 11.6. The summed E-state index contributed by atoms with van der Waals surface area (Å²) >= 11 is 0. The average Bonchev–Trinajstić information content (AvgIpc) is 2.15. The van der Waals surface area contributed by atoms with E-state index in [4.69, 9.17) is 0 Å². The molecule has 11 heteroatoms. The average molecular weight is 259 g/mol. The fourth-order valence-electron chi connectivity index (χ4n) is 0.369. The molecule has 0 aromatic heterocycles. The molecule has 0 spiro atoms. The minimum atomic E-state index is -1.84. The summed E-state index contributed by atoms with van der Waals surface area (Å²) in [5.74, 6) is -2.45. The van der Waals surface area contributed by atoms with Crippen molar-refractivity contribution < 1.29 is 43.5 Å². The third-order valence-corrected chi connectivity index (χ3v) is 0.732. The van der Waals surface area contributed by atoms with E-state index in [2.05, 4.69) is 29.1 Å². The molecule has 0 amide bonds. The first-order valence-electron chi connectivity index (χ1n) is 3.93. The number of hydrogen-bond donors (Lipinski definition) is 0. The zero-order chi connectivity index (χ0) is 12.6. The molecule has 0 unspecified atom stereocenters. The van der Waals surface area contributed by atoms with Crippen LogP contribution in [0.2, 0.25) is 0 Å². The van der Waals surface area contributed by atoms with Crippen LogP contribution in [-0.4, -0.2) is 54.8 Å². The van der Waals surface area contributed by atoms with Crippen LogP contribution in [0.15, 0.2) is 0 Å². The van der Waals surface area contributed by atoms with Crippen molar-refractivity contribution in [1.29, 1.82) is 0 Å². The first kappa shape index (κ1) is 18.7. The van der Waals surface area contributed by atoms with Crippen molar-refractivity contribution in [1.82, 2.24) is 0 Å². The summed E-state index contributed by atoms with van der Waals surface area (Å²) in [5.41, 5.74) is 0. The van der Waals surface area contributed by atoms with E-state index in [1.54, 1.807) is 0 Å². The number of carbonyl (C=O) groups is 3. The smallest absolute Gasteiger partial charge is 0.309 e. The van der Waals surface area contributed by atoms with Crippen LogP contribution in [-0.2, 0) is 43.5 Å². The van der Waals surface area contributed by atoms with E-state index in [1.165, 1.54) is 0 Å². The molecule has 0 aliphatic heterocycles. The molecular weight excluding hydrogens is 250 g/mol. The first-order chi connectivity index (χ1) is 7.41. The molecule has 0 aliphatic carbocycles. The molecule has 0 aromatic carbocycles. The van der Waals surface area contributed by atoms with Gasteiger partial charge in [0.2, 0.25) is 0 Å². The molecule has 0 fully saturated rings. The van der Waals surface area contributed by atoms with Gasteiger partial charge in [0.15, 0.2) is 0 Å². The van der Waals surface area contributed by atoms with Crippen molar-refractivity contribution in [2.24, 2.45) is 0 Å². The molecule has 0 aliphatic rings. The fraction of sp³-hybridized carbons (Fsp3) is 0.500. The molecule has 0 N–H and O–H groups in total. The van der Waals surface area contributed by atoms with Crippen LogP contribution in [0.25, 0.3) is 0 Å². The van der Waals surface area contributed by atoms with Crippen molar-refractivity contribution in [3.05, 3.63) is 0 Å². The van der Waals surface area contributed by atoms with Gasteiger partial charge in [0.25, 0.3) is 0 Å². The van der Waals surface area contributed by atoms with Crippen LogP contribution in [0.4, 0.5) is 0 Å². The number of rotatable bonds is 6. The largest absolute Gasteiger partial charge is 0.754 e. The number of hydrogen-bond acceptors (Lipinski definition) is 9. The Balaban J connectivity index is 0. The van der Waals surface area contributed by atoms with E-state index in [0.717, 1.165) is 20.8 Å². The maximum absolute atomic E-state index is 10.4. The first-order valence-corrected chi connectivity index (χ1v) is 3.93. The zero-order valence-corrected chi connectivity index (χ0v) is 11.8. The van der Waals surface area contributed by atoms with Gasteiger partial charge in [-0.25, -0.2) is 14.4 Å². The Bertz CT molecular complexity index is 227. The van der Waals surface area contributed by atoms with Gasteiger partial charge in [-0.2, -0.15) is 14.4 Å². The Morgan fingerprint density at radius 1 is 0.706 bits per heavy atom. The van der Waals surface area contributed by atoms with E-state index in [9.17, 15) is 14.4 Å². The monoisotopic (exact) mass is 259 g/mol. The van der Waals surface area contributed by atoms with Crippen LogP contribution < -0.4 is 0 Å². The maximum Gasteiger partial charge on any atom is 0.754 e. The third kappa shape index (κ3) is 13.3. The molecule has 17 heavy (non-hydrogen) atoms. The summed E-state index contributed by atoms with van der Waals surface area (Å²) in [7, 11) is -1.84. The Morgan fingerprint density at radius 2 is 0.941 bits per heavy atom. The second-order valence-corrected chi connectivity index (χ2v) is 2.30. The fourth-order valence-corrected chi connectivity index (χ4v) is 0.369. The molecule has 0 atom stereocenters. The second kappa shape index (κ2) is 10.5. The molecule has 0 aromatic rings. The molecule has 0 rings (SSSR count). The number of carbonyl (C=O) groups excluding carboxylic acids is 3. The Hall–Kier alpha value is -0.645. The zero-order valence-electron chi connectivity index (χ0n) is 9.75. The van der Waals surface area contributed by atoms with Gasteiger partial charge in [-0.3, -0.25) is 0 Å². The van der Waals surface area contributed by atoms with Crippen molar-refractivity contribution in [2.75, 3.05) is 0 Å². The van der Waals surface area contributed by atoms with E-state index < -0.39 is 25.2 Å². The molecule has 0 saturated carbocycles. The minimum Gasteiger partial charge on any atom is -0.309 e. The van der Waals surface area contributed by atoms with Gasteiger partial charge in [-0.05, 0) is 0 Å². The van der Waals surface area contributed by atoms with Crippen molar-refractivity contribution in [3.63, 3.8) is 0 Å². The van der Waals surface area contributed by atoms with E-state index in [0.29, 0.717) is 0 Å². The Morgan fingerprint density at radius 3 is 1.12 bits per heavy atom. The molecule has 0 heterocycles. The van der Waals surface area contributed by atoms with E-state index >= 15 is 0 Å². The van der Waals surface area contributed by atoms with Crippen LogP contribution in [0, 0.1) is 0 Å². The molecule has 0 bridgehead atoms. The standard InChI is InChI=1S/C6H9BO9.Na/c1-4(8)11-14-7(15-12-5(2)9)16-13-6(3)10;/h1-3H3;. The van der Waals surface area contributed by atoms with Crippen LogP contribution in [0.1, 0.15) is 20.8 Å². The van der Waals surface area contributed by atoms with Gasteiger partial charge in [0.1, 0.15) is 0 Å². The van der Waals surface area contributed by atoms with Crippen molar-refractivity contribution >= 4 is 54.8 Å². The van der Waals surface area contributed by atoms with Crippen molar-refractivity contribution in [3.8, 4) is 0 Å². The second-order valence-electron chi connectivity index (χ2n) is 2.30. The predicted octanol–water partition coefficient (Wildman–Crippen LogP) is -0.925. The van der Waals surface area contributed by atoms with Gasteiger partial charge in [-0.1, -0.05) is 0 Å². The normalized spacial score (nSPS) is 8.65. The third-order valence-electron chi connectivity index (χ3n) is 0.732. The van der Waals surface area contributed by atoms with E-state index in [-0.39, 0.29) is 29.6 Å². The quantitative estimate of drug-likeness (QED) is 0.339. The van der Waals surface area contributed by atoms with Gasteiger partial charge < -0.3 is 14.7 Å². The summed E-state index contributed by atoms with van der Waals surface area (Å²) in [4.78, 5) is 55.5. The molecule has 1 radical (unpaired) electrons. The minimum absolute atomic E-state index is 0. The molecule has 9 nitrogen and oxygen atoms in total. The van der Waals surface area contributed by atoms with Gasteiger partial charge in [-0.15, -0.1) is 0 Å². The summed E-state index contributed by atoms with van der Waals surface area (Å²) in [6, 6.07) is 0. The van der Waals surface area contributed by atoms with Crippen molar-refractivity contribution in [2.45, 2.75) is 20.8 Å². The molecular formula is C6H9BNaO9. The van der Waals surface area contributed by atoms with Crippen LogP contribution in [0.5, 0.6) is 0 Å². The maximum atomic E-state index is 10.4. The SMILES string of the molecule is CC(=O)OOB(OOC(C)=O)OOC(C)=O.[Na]. The van der Waals surface area contributed by atoms with Gasteiger partial charge in [0.05, 0.1) is 0 Å². The predicted molar refractivity (Wildman–Crippen MR) is 50.1 cm³/mol. The van der Waals surface area contributed by atoms with E-state index in [1.807, 2.05) is 0 Å². The summed E-state index contributed by atoms with van der Waals surface area (Å²) < 4.78 is 0. The molecule has 91 valence electrons. The molecule has 0 saturated heterocycles. The topological polar surface area (TPSA) is 107 Å². The van der Waals surface area contributed by atoms with Gasteiger partial charge in [0, 0.05) is 50.3 Å².